The Labute approximate surface area is 182 Å². The first kappa shape index (κ1) is 22.5. The summed E-state index contributed by atoms with van der Waals surface area (Å²) in [4.78, 5) is 35.1. The third kappa shape index (κ3) is 4.30. The number of fused-ring (bicyclic) bond motifs is 1. The van der Waals surface area contributed by atoms with E-state index in [-0.39, 0.29) is 11.9 Å². The summed E-state index contributed by atoms with van der Waals surface area (Å²) < 4.78 is 16.0. The van der Waals surface area contributed by atoms with Crippen LogP contribution < -0.4 is 14.8 Å². The van der Waals surface area contributed by atoms with E-state index in [9.17, 15) is 9.59 Å². The molecule has 0 fully saturated rings. The molecule has 3 rings (SSSR count). The summed E-state index contributed by atoms with van der Waals surface area (Å²) in [6.07, 6.45) is 2.97. The maximum Gasteiger partial charge on any atom is 0.328 e. The molecule has 168 valence electrons. The van der Waals surface area contributed by atoms with Crippen molar-refractivity contribution in [1.29, 1.82) is 0 Å². The number of hydrogen-bond acceptors (Lipinski definition) is 6. The Morgan fingerprint density at radius 3 is 2.71 bits per heavy atom. The topological polar surface area (TPSA) is 106 Å². The lowest BCUT2D eigenvalue weighted by Crippen LogP contribution is -2.53. The van der Waals surface area contributed by atoms with Crippen LogP contribution in [0.2, 0.25) is 0 Å². The highest BCUT2D eigenvalue weighted by molar-refractivity contribution is 5.84. The van der Waals surface area contributed by atoms with Gasteiger partial charge in [0.1, 0.15) is 12.1 Å². The number of urea groups is 1. The number of imidazole rings is 1. The van der Waals surface area contributed by atoms with Gasteiger partial charge >= 0.3 is 12.0 Å². The van der Waals surface area contributed by atoms with Crippen LogP contribution in [-0.2, 0) is 16.0 Å². The van der Waals surface area contributed by atoms with Crippen LogP contribution >= 0.6 is 0 Å². The van der Waals surface area contributed by atoms with Crippen LogP contribution in [0.4, 0.5) is 4.79 Å². The number of nitrogens with zero attached hydrogens (tertiary/aromatic N) is 2. The Balaban J connectivity index is 2.02. The fourth-order valence-corrected chi connectivity index (χ4v) is 3.95. The summed E-state index contributed by atoms with van der Waals surface area (Å²) in [5, 5.41) is 2.88. The van der Waals surface area contributed by atoms with Crippen molar-refractivity contribution < 1.29 is 23.8 Å². The zero-order valence-electron chi connectivity index (χ0n) is 18.6. The summed E-state index contributed by atoms with van der Waals surface area (Å²) in [5.74, 6) is 0.563. The van der Waals surface area contributed by atoms with E-state index in [4.69, 9.17) is 14.2 Å². The molecule has 2 aromatic rings. The number of benzene rings is 1. The number of methoxy groups -OCH3 is 3. The summed E-state index contributed by atoms with van der Waals surface area (Å²) in [5.41, 5.74) is 2.46. The van der Waals surface area contributed by atoms with Crippen LogP contribution in [0.3, 0.4) is 0 Å². The molecule has 0 bridgehead atoms. The lowest BCUT2D eigenvalue weighted by Gasteiger charge is -2.37. The van der Waals surface area contributed by atoms with Crippen LogP contribution in [0.15, 0.2) is 24.5 Å². The van der Waals surface area contributed by atoms with Gasteiger partial charge in [-0.1, -0.05) is 32.4 Å². The highest BCUT2D eigenvalue weighted by Gasteiger charge is 2.38. The summed E-state index contributed by atoms with van der Waals surface area (Å²) in [6, 6.07) is 3.94. The highest BCUT2D eigenvalue weighted by atomic mass is 16.5. The Morgan fingerprint density at radius 1 is 1.29 bits per heavy atom. The first-order valence-corrected chi connectivity index (χ1v) is 10.3. The van der Waals surface area contributed by atoms with E-state index in [1.807, 2.05) is 26.0 Å². The second-order valence-corrected chi connectivity index (χ2v) is 7.53. The van der Waals surface area contributed by atoms with Gasteiger partial charge in [-0.3, -0.25) is 0 Å². The minimum absolute atomic E-state index is 0.0769. The van der Waals surface area contributed by atoms with E-state index < -0.39 is 18.1 Å². The van der Waals surface area contributed by atoms with Crippen molar-refractivity contribution in [3.63, 3.8) is 0 Å². The summed E-state index contributed by atoms with van der Waals surface area (Å²) in [7, 11) is 4.46. The van der Waals surface area contributed by atoms with E-state index >= 15 is 0 Å². The summed E-state index contributed by atoms with van der Waals surface area (Å²) in [6.45, 7) is 4.32. The van der Waals surface area contributed by atoms with Gasteiger partial charge in [-0.05, 0) is 12.0 Å². The molecule has 9 heteroatoms. The second kappa shape index (κ2) is 9.72. The molecule has 0 aliphatic carbocycles. The zero-order valence-corrected chi connectivity index (χ0v) is 18.6. The number of aromatic nitrogens is 2. The van der Waals surface area contributed by atoms with E-state index in [0.717, 1.165) is 23.4 Å². The van der Waals surface area contributed by atoms with Crippen molar-refractivity contribution in [2.24, 2.45) is 5.92 Å². The van der Waals surface area contributed by atoms with Gasteiger partial charge in [0, 0.05) is 24.2 Å². The molecule has 31 heavy (non-hydrogen) atoms. The first-order valence-electron chi connectivity index (χ1n) is 10.3. The number of rotatable bonds is 7. The number of H-pyrrole nitrogens is 1. The molecule has 1 aromatic heterocycles. The molecular weight excluding hydrogens is 400 g/mol. The SMILES string of the molecule is CC[C@H](C)[C@@H](NC(=O)N1CCc2[nH]cnc2[C@H]1c1cccc(OC)c1OC)C(=O)OC. The lowest BCUT2D eigenvalue weighted by molar-refractivity contribution is -0.144. The molecule has 1 aliphatic rings. The molecule has 1 aromatic carbocycles. The van der Waals surface area contributed by atoms with Crippen molar-refractivity contribution in [2.75, 3.05) is 27.9 Å². The van der Waals surface area contributed by atoms with Crippen molar-refractivity contribution in [3.8, 4) is 11.5 Å². The number of ether oxygens (including phenoxy) is 3. The molecule has 0 radical (unpaired) electrons. The van der Waals surface area contributed by atoms with Gasteiger partial charge in [0.15, 0.2) is 11.5 Å². The number of aromatic amines is 1. The largest absolute Gasteiger partial charge is 0.493 e. The Morgan fingerprint density at radius 2 is 2.06 bits per heavy atom. The van der Waals surface area contributed by atoms with E-state index in [2.05, 4.69) is 15.3 Å². The van der Waals surface area contributed by atoms with Gasteiger partial charge in [-0.25, -0.2) is 14.6 Å². The first-order chi connectivity index (χ1) is 15.0. The average Bonchev–Trinajstić information content (AvgIpc) is 3.29. The third-order valence-electron chi connectivity index (χ3n) is 5.86. The third-order valence-corrected chi connectivity index (χ3v) is 5.86. The standard InChI is InChI=1S/C22H30N4O5/c1-6-13(2)17(21(27)31-5)25-22(28)26-11-10-15-18(24-12-23-15)19(26)14-8-7-9-16(29-3)20(14)30-4/h7-9,12-13,17,19H,6,10-11H2,1-5H3,(H,23,24)(H,25,28)/t13-,17+,19+/m0/s1. The minimum Gasteiger partial charge on any atom is -0.493 e. The molecule has 9 nitrogen and oxygen atoms in total. The fourth-order valence-electron chi connectivity index (χ4n) is 3.95. The van der Waals surface area contributed by atoms with Crippen molar-refractivity contribution in [3.05, 3.63) is 41.5 Å². The molecule has 2 amide bonds. The van der Waals surface area contributed by atoms with Crippen LogP contribution in [0.25, 0.3) is 0 Å². The lowest BCUT2D eigenvalue weighted by atomic mass is 9.94. The fraction of sp³-hybridized carbons (Fsp3) is 0.500. The normalized spacial score (nSPS) is 17.3. The average molecular weight is 431 g/mol. The number of esters is 1. The Bertz CT molecular complexity index is 928. The van der Waals surface area contributed by atoms with E-state index in [0.29, 0.717) is 24.5 Å². The van der Waals surface area contributed by atoms with Crippen LogP contribution in [0.5, 0.6) is 11.5 Å². The van der Waals surface area contributed by atoms with Crippen molar-refractivity contribution in [2.45, 2.75) is 38.8 Å². The molecule has 2 N–H and O–H groups in total. The van der Waals surface area contributed by atoms with Gasteiger partial charge in [0.2, 0.25) is 0 Å². The molecule has 0 spiro atoms. The molecule has 0 saturated carbocycles. The molecule has 3 atom stereocenters. The molecule has 0 saturated heterocycles. The van der Waals surface area contributed by atoms with Crippen LogP contribution in [0.1, 0.15) is 43.3 Å². The minimum atomic E-state index is -0.740. The quantitative estimate of drug-likeness (QED) is 0.654. The number of nitrogens with one attached hydrogen (secondary N) is 2. The van der Waals surface area contributed by atoms with Gasteiger partial charge in [0.05, 0.1) is 33.4 Å². The smallest absolute Gasteiger partial charge is 0.328 e. The number of carbonyl (C=O) groups excluding carboxylic acids is 2. The molecule has 2 heterocycles. The predicted octanol–water partition coefficient (Wildman–Crippen LogP) is 2.67. The van der Waals surface area contributed by atoms with E-state index in [1.54, 1.807) is 31.5 Å². The zero-order chi connectivity index (χ0) is 22.5. The Hall–Kier alpha value is -3.23. The highest BCUT2D eigenvalue weighted by Crippen LogP contribution is 2.42. The van der Waals surface area contributed by atoms with Gasteiger partial charge in [-0.2, -0.15) is 0 Å². The number of para-hydroxylation sites is 1. The molecule has 1 aliphatic heterocycles. The number of carbonyl (C=O) groups is 2. The van der Waals surface area contributed by atoms with Crippen molar-refractivity contribution in [1.82, 2.24) is 20.2 Å². The molecule has 0 unspecified atom stereocenters. The number of amides is 2. The molecular formula is C22H30N4O5. The second-order valence-electron chi connectivity index (χ2n) is 7.53. The predicted molar refractivity (Wildman–Crippen MR) is 114 cm³/mol. The van der Waals surface area contributed by atoms with Crippen LogP contribution in [0, 0.1) is 5.92 Å². The van der Waals surface area contributed by atoms with Gasteiger partial charge in [-0.15, -0.1) is 0 Å². The van der Waals surface area contributed by atoms with E-state index in [1.165, 1.54) is 7.11 Å². The van der Waals surface area contributed by atoms with Crippen LogP contribution in [-0.4, -0.2) is 60.8 Å². The Kier molecular flexibility index (Phi) is 7.04. The maximum atomic E-state index is 13.4. The summed E-state index contributed by atoms with van der Waals surface area (Å²) >= 11 is 0. The monoisotopic (exact) mass is 430 g/mol. The number of hydrogen-bond donors (Lipinski definition) is 2. The van der Waals surface area contributed by atoms with Gasteiger partial charge < -0.3 is 29.4 Å². The van der Waals surface area contributed by atoms with Crippen molar-refractivity contribution >= 4 is 12.0 Å². The maximum absolute atomic E-state index is 13.4. The van der Waals surface area contributed by atoms with Gasteiger partial charge in [0.25, 0.3) is 0 Å².